The molecular weight excluding hydrogens is 332 g/mol. The van der Waals surface area contributed by atoms with Gasteiger partial charge in [-0.1, -0.05) is 0 Å². The maximum absolute atomic E-state index is 13.1. The summed E-state index contributed by atoms with van der Waals surface area (Å²) in [4.78, 5) is 21.5. The van der Waals surface area contributed by atoms with E-state index in [1.54, 1.807) is 12.4 Å². The maximum Gasteiger partial charge on any atom is 0.318 e. The van der Waals surface area contributed by atoms with E-state index in [-0.39, 0.29) is 24.2 Å². The number of urea groups is 1. The molecule has 2 fully saturated rings. The van der Waals surface area contributed by atoms with E-state index in [1.165, 1.54) is 0 Å². The molecule has 2 amide bonds. The molecule has 144 valence electrons. The molecule has 0 spiro atoms. The lowest BCUT2D eigenvalue weighted by Gasteiger charge is -2.38. The Balaban J connectivity index is 1.68. The quantitative estimate of drug-likeness (QED) is 0.831. The number of nitrogens with one attached hydrogen (secondary N) is 1. The normalized spacial score (nSPS) is 24.5. The second-order valence-electron chi connectivity index (χ2n) is 7.11. The van der Waals surface area contributed by atoms with Gasteiger partial charge < -0.3 is 24.6 Å². The number of aromatic nitrogens is 1. The summed E-state index contributed by atoms with van der Waals surface area (Å²) >= 11 is 0. The number of hydrogen-bond acceptors (Lipinski definition) is 5. The van der Waals surface area contributed by atoms with Crippen molar-refractivity contribution in [1.29, 1.82) is 0 Å². The number of hydrogen-bond donors (Lipinski definition) is 1. The molecule has 3 rings (SSSR count). The Morgan fingerprint density at radius 1 is 1.35 bits per heavy atom. The molecule has 1 aromatic heterocycles. The van der Waals surface area contributed by atoms with Crippen LogP contribution >= 0.6 is 0 Å². The van der Waals surface area contributed by atoms with E-state index in [4.69, 9.17) is 9.47 Å². The van der Waals surface area contributed by atoms with Crippen molar-refractivity contribution >= 4 is 6.03 Å². The predicted octanol–water partition coefficient (Wildman–Crippen LogP) is 1.49. The standard InChI is InChI=1S/C19H30N4O3/c1-3-26-18-14-25-13-17(18)21-19(24)23(12-15-4-8-20-9-5-15)16-6-10-22(2)11-7-16/h4-5,8-9,16-18H,3,6-7,10-14H2,1-2H3,(H,21,24)/t17-,18-/m0/s1. The van der Waals surface area contributed by atoms with Crippen LogP contribution in [0, 0.1) is 0 Å². The summed E-state index contributed by atoms with van der Waals surface area (Å²) in [6.45, 7) is 6.25. The van der Waals surface area contributed by atoms with Crippen molar-refractivity contribution in [2.75, 3.05) is 40.0 Å². The van der Waals surface area contributed by atoms with Gasteiger partial charge in [0.1, 0.15) is 6.10 Å². The Bertz CT molecular complexity index is 563. The zero-order valence-electron chi connectivity index (χ0n) is 15.8. The molecule has 1 N–H and O–H groups in total. The molecule has 0 bridgehead atoms. The van der Waals surface area contributed by atoms with E-state index in [0.717, 1.165) is 31.5 Å². The second kappa shape index (κ2) is 9.30. The fourth-order valence-corrected chi connectivity index (χ4v) is 3.65. The molecule has 0 aliphatic carbocycles. The number of amides is 2. The van der Waals surface area contributed by atoms with E-state index >= 15 is 0 Å². The molecule has 7 heteroatoms. The number of nitrogens with zero attached hydrogens (tertiary/aromatic N) is 3. The summed E-state index contributed by atoms with van der Waals surface area (Å²) in [5.41, 5.74) is 1.10. The Hall–Kier alpha value is -1.70. The highest BCUT2D eigenvalue weighted by molar-refractivity contribution is 5.75. The number of carbonyl (C=O) groups excluding carboxylic acids is 1. The highest BCUT2D eigenvalue weighted by Gasteiger charge is 2.33. The zero-order chi connectivity index (χ0) is 18.4. The lowest BCUT2D eigenvalue weighted by Crippen LogP contribution is -2.54. The smallest absolute Gasteiger partial charge is 0.318 e. The van der Waals surface area contributed by atoms with Crippen LogP contribution in [0.4, 0.5) is 4.79 Å². The monoisotopic (exact) mass is 362 g/mol. The topological polar surface area (TPSA) is 66.9 Å². The van der Waals surface area contributed by atoms with E-state index < -0.39 is 0 Å². The fourth-order valence-electron chi connectivity index (χ4n) is 3.65. The Morgan fingerprint density at radius 3 is 2.77 bits per heavy atom. The SMILES string of the molecule is CCO[C@H]1COC[C@@H]1NC(=O)N(Cc1ccncc1)C1CCN(C)CC1. The van der Waals surface area contributed by atoms with Crippen molar-refractivity contribution in [3.63, 3.8) is 0 Å². The molecule has 0 aromatic carbocycles. The first-order valence-corrected chi connectivity index (χ1v) is 9.51. The third-order valence-corrected chi connectivity index (χ3v) is 5.21. The summed E-state index contributed by atoms with van der Waals surface area (Å²) in [6.07, 6.45) is 5.46. The molecule has 7 nitrogen and oxygen atoms in total. The molecule has 2 aliphatic rings. The average molecular weight is 362 g/mol. The second-order valence-corrected chi connectivity index (χ2v) is 7.11. The first kappa shape index (κ1) is 19.1. The van der Waals surface area contributed by atoms with Gasteiger partial charge in [-0.15, -0.1) is 0 Å². The molecule has 2 aliphatic heterocycles. The highest BCUT2D eigenvalue weighted by Crippen LogP contribution is 2.19. The summed E-state index contributed by atoms with van der Waals surface area (Å²) in [6, 6.07) is 4.06. The van der Waals surface area contributed by atoms with Gasteiger partial charge in [-0.2, -0.15) is 0 Å². The van der Waals surface area contributed by atoms with Crippen molar-refractivity contribution in [1.82, 2.24) is 20.1 Å². The molecular formula is C19H30N4O3. The Morgan fingerprint density at radius 2 is 2.08 bits per heavy atom. The molecule has 3 heterocycles. The van der Waals surface area contributed by atoms with Crippen LogP contribution in [0.15, 0.2) is 24.5 Å². The Labute approximate surface area is 155 Å². The van der Waals surface area contributed by atoms with Crippen LogP contribution in [0.1, 0.15) is 25.3 Å². The molecule has 1 aromatic rings. The summed E-state index contributed by atoms with van der Waals surface area (Å²) in [7, 11) is 2.13. The van der Waals surface area contributed by atoms with E-state index in [0.29, 0.717) is 26.4 Å². The maximum atomic E-state index is 13.1. The molecule has 0 unspecified atom stereocenters. The lowest BCUT2D eigenvalue weighted by molar-refractivity contribution is 0.0408. The molecule has 2 atom stereocenters. The predicted molar refractivity (Wildman–Crippen MR) is 98.9 cm³/mol. The molecule has 2 saturated heterocycles. The number of pyridine rings is 1. The average Bonchev–Trinajstić information content (AvgIpc) is 3.08. The Kier molecular flexibility index (Phi) is 6.82. The highest BCUT2D eigenvalue weighted by atomic mass is 16.5. The van der Waals surface area contributed by atoms with Crippen molar-refractivity contribution in [2.45, 2.75) is 44.5 Å². The van der Waals surface area contributed by atoms with Crippen molar-refractivity contribution in [2.24, 2.45) is 0 Å². The number of rotatable bonds is 6. The minimum atomic E-state index is -0.0892. The van der Waals surface area contributed by atoms with Crippen LogP contribution in [0.5, 0.6) is 0 Å². The van der Waals surface area contributed by atoms with Gasteiger partial charge in [0.25, 0.3) is 0 Å². The van der Waals surface area contributed by atoms with Gasteiger partial charge in [-0.3, -0.25) is 4.98 Å². The van der Waals surface area contributed by atoms with Crippen LogP contribution in [0.2, 0.25) is 0 Å². The van der Waals surface area contributed by atoms with Crippen molar-refractivity contribution < 1.29 is 14.3 Å². The van der Waals surface area contributed by atoms with Gasteiger partial charge >= 0.3 is 6.03 Å². The summed E-state index contributed by atoms with van der Waals surface area (Å²) < 4.78 is 11.2. The third kappa shape index (κ3) is 4.93. The van der Waals surface area contributed by atoms with Gasteiger partial charge in [0, 0.05) is 31.6 Å². The number of ether oxygens (including phenoxy) is 2. The number of likely N-dealkylation sites (tertiary alicyclic amines) is 1. The number of carbonyl (C=O) groups is 1. The van der Waals surface area contributed by atoms with E-state index in [1.807, 2.05) is 24.0 Å². The van der Waals surface area contributed by atoms with Gasteiger partial charge in [-0.05, 0) is 57.6 Å². The van der Waals surface area contributed by atoms with Crippen LogP contribution < -0.4 is 5.32 Å². The van der Waals surface area contributed by atoms with Gasteiger partial charge in [0.05, 0.1) is 19.3 Å². The zero-order valence-corrected chi connectivity index (χ0v) is 15.8. The van der Waals surface area contributed by atoms with Crippen molar-refractivity contribution in [3.8, 4) is 0 Å². The van der Waals surface area contributed by atoms with E-state index in [9.17, 15) is 4.79 Å². The first-order chi connectivity index (χ1) is 12.7. The van der Waals surface area contributed by atoms with Gasteiger partial charge in [0.2, 0.25) is 0 Å². The van der Waals surface area contributed by atoms with Gasteiger partial charge in [0.15, 0.2) is 0 Å². The summed E-state index contributed by atoms with van der Waals surface area (Å²) in [5.74, 6) is 0. The van der Waals surface area contributed by atoms with Crippen LogP contribution in [-0.2, 0) is 16.0 Å². The molecule has 0 radical (unpaired) electrons. The third-order valence-electron chi connectivity index (χ3n) is 5.21. The van der Waals surface area contributed by atoms with Crippen LogP contribution in [0.3, 0.4) is 0 Å². The molecule has 0 saturated carbocycles. The van der Waals surface area contributed by atoms with Crippen molar-refractivity contribution in [3.05, 3.63) is 30.1 Å². The minimum Gasteiger partial charge on any atom is -0.376 e. The van der Waals surface area contributed by atoms with Crippen LogP contribution in [-0.4, -0.2) is 79.0 Å². The summed E-state index contributed by atoms with van der Waals surface area (Å²) in [5, 5.41) is 3.15. The largest absolute Gasteiger partial charge is 0.376 e. The number of piperidine rings is 1. The first-order valence-electron chi connectivity index (χ1n) is 9.51. The minimum absolute atomic E-state index is 0.0310. The van der Waals surface area contributed by atoms with Gasteiger partial charge in [-0.25, -0.2) is 4.79 Å². The molecule has 26 heavy (non-hydrogen) atoms. The van der Waals surface area contributed by atoms with Crippen LogP contribution in [0.25, 0.3) is 0 Å². The van der Waals surface area contributed by atoms with E-state index in [2.05, 4.69) is 22.2 Å². The lowest BCUT2D eigenvalue weighted by atomic mass is 10.0. The fraction of sp³-hybridized carbons (Fsp3) is 0.684.